The number of fused-ring (bicyclic) bond motifs is 1. The fourth-order valence-corrected chi connectivity index (χ4v) is 4.43. The van der Waals surface area contributed by atoms with E-state index in [1.54, 1.807) is 12.3 Å². The minimum atomic E-state index is -0.348. The third-order valence-corrected chi connectivity index (χ3v) is 5.68. The molecule has 3 aromatic heterocycles. The summed E-state index contributed by atoms with van der Waals surface area (Å²) in [6.07, 6.45) is 8.52. The Morgan fingerprint density at radius 3 is 2.92 bits per heavy atom. The smallest absolute Gasteiger partial charge is 0.348 e. The Balaban J connectivity index is 1.90. The van der Waals surface area contributed by atoms with Gasteiger partial charge in [0.25, 0.3) is 5.56 Å². The number of aromatic nitrogens is 2. The van der Waals surface area contributed by atoms with Gasteiger partial charge < -0.3 is 14.3 Å². The van der Waals surface area contributed by atoms with Crippen LogP contribution in [0.4, 0.5) is 0 Å². The van der Waals surface area contributed by atoms with E-state index < -0.39 is 0 Å². The summed E-state index contributed by atoms with van der Waals surface area (Å²) in [6, 6.07) is 4.21. The lowest BCUT2D eigenvalue weighted by atomic mass is 10.1. The Kier molecular flexibility index (Phi) is 3.76. The third kappa shape index (κ3) is 2.38. The number of carbonyl (C=O) groups is 1. The number of H-pyrrole nitrogens is 1. The molecule has 0 saturated heterocycles. The molecule has 0 radical (unpaired) electrons. The molecule has 0 unspecified atom stereocenters. The van der Waals surface area contributed by atoms with Crippen LogP contribution in [0.5, 0.6) is 0 Å². The molecule has 0 spiro atoms. The van der Waals surface area contributed by atoms with Crippen LogP contribution in [0.15, 0.2) is 34.7 Å². The number of esters is 1. The number of hydrogen-bond donors (Lipinski definition) is 1. The summed E-state index contributed by atoms with van der Waals surface area (Å²) < 4.78 is 7.02. The van der Waals surface area contributed by atoms with E-state index in [2.05, 4.69) is 15.7 Å². The number of carbonyl (C=O) groups excluding carboxylic acids is 1. The summed E-state index contributed by atoms with van der Waals surface area (Å²) in [4.78, 5) is 27.5. The maximum absolute atomic E-state index is 12.4. The van der Waals surface area contributed by atoms with Crippen LogP contribution in [-0.2, 0) is 4.74 Å². The Hall–Kier alpha value is -2.34. The summed E-state index contributed by atoms with van der Waals surface area (Å²) in [7, 11) is 1.37. The molecule has 4 rings (SSSR count). The maximum Gasteiger partial charge on any atom is 0.348 e. The first kappa shape index (κ1) is 15.2. The van der Waals surface area contributed by atoms with Gasteiger partial charge in [0.1, 0.15) is 4.88 Å². The van der Waals surface area contributed by atoms with E-state index in [9.17, 15) is 9.59 Å². The molecule has 0 atom stereocenters. The van der Waals surface area contributed by atoms with Crippen molar-refractivity contribution < 1.29 is 9.53 Å². The third-order valence-electron chi connectivity index (χ3n) is 4.77. The van der Waals surface area contributed by atoms with E-state index in [0.717, 1.165) is 29.5 Å². The van der Waals surface area contributed by atoms with Crippen LogP contribution in [0.3, 0.4) is 0 Å². The van der Waals surface area contributed by atoms with Gasteiger partial charge in [0.05, 0.1) is 18.0 Å². The number of methoxy groups -OCH3 is 1. The van der Waals surface area contributed by atoms with E-state index in [0.29, 0.717) is 16.3 Å². The molecular formula is C18H18N2O3S. The molecule has 3 aromatic rings. The summed E-state index contributed by atoms with van der Waals surface area (Å²) in [6.45, 7) is 0. The number of nitrogens with zero attached hydrogens (tertiary/aromatic N) is 1. The molecule has 24 heavy (non-hydrogen) atoms. The molecule has 1 aliphatic carbocycles. The Morgan fingerprint density at radius 1 is 1.38 bits per heavy atom. The Morgan fingerprint density at radius 2 is 2.17 bits per heavy atom. The van der Waals surface area contributed by atoms with Gasteiger partial charge in [-0.3, -0.25) is 4.79 Å². The van der Waals surface area contributed by atoms with Crippen LogP contribution in [-0.4, -0.2) is 22.6 Å². The first-order chi connectivity index (χ1) is 11.7. The average molecular weight is 342 g/mol. The second-order valence-electron chi connectivity index (χ2n) is 6.15. The van der Waals surface area contributed by atoms with E-state index >= 15 is 0 Å². The lowest BCUT2D eigenvalue weighted by Crippen LogP contribution is -2.07. The van der Waals surface area contributed by atoms with Crippen molar-refractivity contribution >= 4 is 28.2 Å². The predicted octanol–water partition coefficient (Wildman–Crippen LogP) is 3.96. The number of aromatic amines is 1. The van der Waals surface area contributed by atoms with Crippen LogP contribution in [0.1, 0.15) is 41.4 Å². The largest absolute Gasteiger partial charge is 0.465 e. The van der Waals surface area contributed by atoms with Crippen molar-refractivity contribution in [3.8, 4) is 11.1 Å². The topological polar surface area (TPSA) is 64.1 Å². The highest BCUT2D eigenvalue weighted by Gasteiger charge is 2.22. The number of ether oxygens (including phenoxy) is 1. The first-order valence-corrected chi connectivity index (χ1v) is 8.96. The quantitative estimate of drug-likeness (QED) is 0.733. The standard InChI is InChI=1S/C18H18N2O3S/c1-23-18(22)15-8-11(10-24-15)13-9-20(12-4-2-3-5-12)14-6-7-19-17(21)16(13)14/h6-10,12H,2-5H2,1H3,(H,19,21). The number of nitrogens with one attached hydrogen (secondary N) is 1. The number of rotatable bonds is 3. The van der Waals surface area contributed by atoms with Gasteiger partial charge in [-0.15, -0.1) is 11.3 Å². The van der Waals surface area contributed by atoms with Gasteiger partial charge in [-0.1, -0.05) is 12.8 Å². The molecule has 1 saturated carbocycles. The molecule has 124 valence electrons. The van der Waals surface area contributed by atoms with Crippen molar-refractivity contribution in [1.29, 1.82) is 0 Å². The lowest BCUT2D eigenvalue weighted by Gasteiger charge is -2.12. The molecule has 5 nitrogen and oxygen atoms in total. The van der Waals surface area contributed by atoms with Gasteiger partial charge >= 0.3 is 5.97 Å². The predicted molar refractivity (Wildman–Crippen MR) is 94.7 cm³/mol. The normalized spacial score (nSPS) is 15.2. The summed E-state index contributed by atoms with van der Waals surface area (Å²) in [5, 5.41) is 2.60. The fraction of sp³-hybridized carbons (Fsp3) is 0.333. The summed E-state index contributed by atoms with van der Waals surface area (Å²) >= 11 is 1.34. The highest BCUT2D eigenvalue weighted by Crippen LogP contribution is 2.37. The SMILES string of the molecule is COC(=O)c1cc(-c2cn(C3CCCC3)c3cc[nH]c(=O)c23)cs1. The van der Waals surface area contributed by atoms with Gasteiger partial charge in [-0.05, 0) is 35.9 Å². The van der Waals surface area contributed by atoms with Crippen molar-refractivity contribution in [1.82, 2.24) is 9.55 Å². The molecule has 0 aromatic carbocycles. The van der Waals surface area contributed by atoms with Gasteiger partial charge in [-0.2, -0.15) is 0 Å². The maximum atomic E-state index is 12.4. The van der Waals surface area contributed by atoms with Crippen molar-refractivity contribution in [3.63, 3.8) is 0 Å². The van der Waals surface area contributed by atoms with Crippen molar-refractivity contribution in [2.75, 3.05) is 7.11 Å². The van der Waals surface area contributed by atoms with Crippen LogP contribution < -0.4 is 5.56 Å². The lowest BCUT2D eigenvalue weighted by molar-refractivity contribution is 0.0606. The zero-order chi connectivity index (χ0) is 16.7. The molecular weight excluding hydrogens is 324 g/mol. The monoisotopic (exact) mass is 342 g/mol. The van der Waals surface area contributed by atoms with Gasteiger partial charge in [0, 0.05) is 24.0 Å². The van der Waals surface area contributed by atoms with Gasteiger partial charge in [0.2, 0.25) is 0 Å². The fourth-order valence-electron chi connectivity index (χ4n) is 3.61. The Bertz CT molecular complexity index is 960. The molecule has 1 fully saturated rings. The van der Waals surface area contributed by atoms with E-state index in [4.69, 9.17) is 4.74 Å². The molecule has 0 amide bonds. The molecule has 0 aliphatic heterocycles. The van der Waals surface area contributed by atoms with Crippen molar-refractivity contribution in [2.24, 2.45) is 0 Å². The Labute approximate surface area is 142 Å². The molecule has 1 N–H and O–H groups in total. The zero-order valence-electron chi connectivity index (χ0n) is 13.4. The van der Waals surface area contributed by atoms with Gasteiger partial charge in [-0.25, -0.2) is 4.79 Å². The number of hydrogen-bond acceptors (Lipinski definition) is 4. The second-order valence-corrected chi connectivity index (χ2v) is 7.06. The molecule has 6 heteroatoms. The number of thiophene rings is 1. The second kappa shape index (κ2) is 5.94. The molecule has 3 heterocycles. The molecule has 0 bridgehead atoms. The van der Waals surface area contributed by atoms with Crippen LogP contribution in [0.25, 0.3) is 22.0 Å². The van der Waals surface area contributed by atoms with E-state index in [1.807, 2.05) is 11.4 Å². The minimum Gasteiger partial charge on any atom is -0.465 e. The minimum absolute atomic E-state index is 0.0925. The van der Waals surface area contributed by atoms with E-state index in [-0.39, 0.29) is 11.5 Å². The number of pyridine rings is 1. The highest BCUT2D eigenvalue weighted by molar-refractivity contribution is 7.12. The average Bonchev–Trinajstić information content (AvgIpc) is 3.32. The summed E-state index contributed by atoms with van der Waals surface area (Å²) in [5.74, 6) is -0.348. The zero-order valence-corrected chi connectivity index (χ0v) is 14.2. The highest BCUT2D eigenvalue weighted by atomic mass is 32.1. The van der Waals surface area contributed by atoms with E-state index in [1.165, 1.54) is 31.3 Å². The van der Waals surface area contributed by atoms with Crippen LogP contribution in [0, 0.1) is 0 Å². The van der Waals surface area contributed by atoms with Crippen LogP contribution in [0.2, 0.25) is 0 Å². The van der Waals surface area contributed by atoms with Crippen LogP contribution >= 0.6 is 11.3 Å². The summed E-state index contributed by atoms with van der Waals surface area (Å²) in [5.41, 5.74) is 2.64. The molecule has 1 aliphatic rings. The van der Waals surface area contributed by atoms with Gasteiger partial charge in [0.15, 0.2) is 0 Å². The first-order valence-electron chi connectivity index (χ1n) is 8.08. The van der Waals surface area contributed by atoms with Crippen molar-refractivity contribution in [2.45, 2.75) is 31.7 Å². The van der Waals surface area contributed by atoms with Crippen molar-refractivity contribution in [3.05, 3.63) is 45.1 Å².